The van der Waals surface area contributed by atoms with Gasteiger partial charge < -0.3 is 9.73 Å². The van der Waals surface area contributed by atoms with E-state index in [1.165, 1.54) is 18.0 Å². The fourth-order valence-electron chi connectivity index (χ4n) is 3.67. The number of carbonyl (C=O) groups excluding carboxylic acids is 1. The zero-order chi connectivity index (χ0) is 24.6. The number of nitrogens with one attached hydrogen (secondary N) is 1. The van der Waals surface area contributed by atoms with Gasteiger partial charge in [-0.15, -0.1) is 10.2 Å². The average molecular weight is 497 g/mol. The van der Waals surface area contributed by atoms with Crippen LogP contribution in [0, 0.1) is 0 Å². The minimum atomic E-state index is -0.275. The normalized spacial score (nSPS) is 10.9. The molecule has 0 saturated carbocycles. The molecule has 0 bridgehead atoms. The molecule has 8 nitrogen and oxygen atoms in total. The van der Waals surface area contributed by atoms with Crippen molar-refractivity contribution in [2.45, 2.75) is 23.8 Å². The first-order chi connectivity index (χ1) is 17.8. The van der Waals surface area contributed by atoms with Gasteiger partial charge >= 0.3 is 0 Å². The maximum Gasteiger partial charge on any atom is 0.273 e. The molecular formula is C27H24N6O2S. The number of hydrogen-bond acceptors (Lipinski definition) is 7. The number of aromatic nitrogens is 5. The van der Waals surface area contributed by atoms with Crippen LogP contribution in [0.15, 0.2) is 101 Å². The quantitative estimate of drug-likeness (QED) is 0.284. The molecule has 0 aliphatic rings. The second-order valence-corrected chi connectivity index (χ2v) is 8.92. The smallest absolute Gasteiger partial charge is 0.273 e. The second-order valence-electron chi connectivity index (χ2n) is 7.97. The van der Waals surface area contributed by atoms with Crippen molar-refractivity contribution in [2.75, 3.05) is 6.54 Å². The Morgan fingerprint density at radius 1 is 0.944 bits per heavy atom. The van der Waals surface area contributed by atoms with Gasteiger partial charge in [-0.05, 0) is 29.8 Å². The maximum atomic E-state index is 12.5. The van der Waals surface area contributed by atoms with Crippen molar-refractivity contribution in [3.63, 3.8) is 0 Å². The molecule has 0 fully saturated rings. The molecular weight excluding hydrogens is 472 g/mol. The minimum absolute atomic E-state index is 0.251. The SMILES string of the molecule is O=C(NCCc1ccccn1)c1coc(CSc2nnc(Cc3ccccc3)n2-c2ccccc2)n1. The van der Waals surface area contributed by atoms with Crippen molar-refractivity contribution in [1.29, 1.82) is 0 Å². The largest absolute Gasteiger partial charge is 0.447 e. The number of thioether (sulfide) groups is 1. The highest BCUT2D eigenvalue weighted by atomic mass is 32.2. The number of hydrogen-bond donors (Lipinski definition) is 1. The zero-order valence-electron chi connectivity index (χ0n) is 19.4. The number of oxazole rings is 1. The van der Waals surface area contributed by atoms with Crippen LogP contribution in [-0.4, -0.2) is 37.2 Å². The number of nitrogens with zero attached hydrogens (tertiary/aromatic N) is 5. The summed E-state index contributed by atoms with van der Waals surface area (Å²) in [6.07, 6.45) is 4.43. The number of benzene rings is 2. The predicted molar refractivity (Wildman–Crippen MR) is 137 cm³/mol. The topological polar surface area (TPSA) is 98.7 Å². The fraction of sp³-hybridized carbons (Fsp3) is 0.148. The zero-order valence-corrected chi connectivity index (χ0v) is 20.3. The molecule has 2 aromatic carbocycles. The molecule has 1 amide bonds. The van der Waals surface area contributed by atoms with Crippen molar-refractivity contribution in [3.8, 4) is 5.69 Å². The lowest BCUT2D eigenvalue weighted by Crippen LogP contribution is -2.26. The highest BCUT2D eigenvalue weighted by Gasteiger charge is 2.17. The van der Waals surface area contributed by atoms with Crippen LogP contribution in [0.5, 0.6) is 0 Å². The third-order valence-corrected chi connectivity index (χ3v) is 6.34. The van der Waals surface area contributed by atoms with E-state index in [1.807, 2.05) is 71.3 Å². The molecule has 5 rings (SSSR count). The lowest BCUT2D eigenvalue weighted by molar-refractivity contribution is 0.0949. The monoisotopic (exact) mass is 496 g/mol. The van der Waals surface area contributed by atoms with Crippen LogP contribution in [0.1, 0.15) is 33.5 Å². The predicted octanol–water partition coefficient (Wildman–Crippen LogP) is 4.51. The van der Waals surface area contributed by atoms with Crippen LogP contribution in [0.2, 0.25) is 0 Å². The van der Waals surface area contributed by atoms with Crippen LogP contribution >= 0.6 is 11.8 Å². The van der Waals surface area contributed by atoms with Crippen LogP contribution in [-0.2, 0) is 18.6 Å². The first kappa shape index (κ1) is 23.5. The summed E-state index contributed by atoms with van der Waals surface area (Å²) in [5, 5.41) is 12.5. The minimum Gasteiger partial charge on any atom is -0.447 e. The molecule has 36 heavy (non-hydrogen) atoms. The summed E-state index contributed by atoms with van der Waals surface area (Å²) in [7, 11) is 0. The van der Waals surface area contributed by atoms with E-state index >= 15 is 0 Å². The Morgan fingerprint density at radius 3 is 2.50 bits per heavy atom. The Kier molecular flexibility index (Phi) is 7.48. The highest BCUT2D eigenvalue weighted by molar-refractivity contribution is 7.98. The molecule has 0 atom stereocenters. The molecule has 0 aliphatic carbocycles. The van der Waals surface area contributed by atoms with Gasteiger partial charge in [-0.1, -0.05) is 66.4 Å². The molecule has 0 saturated heterocycles. The van der Waals surface area contributed by atoms with Gasteiger partial charge in [-0.2, -0.15) is 0 Å². The van der Waals surface area contributed by atoms with Crippen molar-refractivity contribution in [3.05, 3.63) is 120 Å². The van der Waals surface area contributed by atoms with E-state index in [2.05, 4.69) is 37.6 Å². The van der Waals surface area contributed by atoms with Gasteiger partial charge in [0.15, 0.2) is 10.9 Å². The molecule has 180 valence electrons. The lowest BCUT2D eigenvalue weighted by Gasteiger charge is -2.10. The Hall–Kier alpha value is -4.24. The van der Waals surface area contributed by atoms with Crippen molar-refractivity contribution in [1.82, 2.24) is 30.0 Å². The average Bonchev–Trinajstić information content (AvgIpc) is 3.56. The van der Waals surface area contributed by atoms with E-state index in [1.54, 1.807) is 6.20 Å². The summed E-state index contributed by atoms with van der Waals surface area (Å²) >= 11 is 1.46. The van der Waals surface area contributed by atoms with E-state index in [0.717, 1.165) is 27.9 Å². The summed E-state index contributed by atoms with van der Waals surface area (Å²) in [4.78, 5) is 21.1. The summed E-state index contributed by atoms with van der Waals surface area (Å²) in [6.45, 7) is 0.469. The summed E-state index contributed by atoms with van der Waals surface area (Å²) in [6, 6.07) is 25.9. The molecule has 0 spiro atoms. The maximum absolute atomic E-state index is 12.5. The van der Waals surface area contributed by atoms with E-state index in [0.29, 0.717) is 31.0 Å². The van der Waals surface area contributed by atoms with Gasteiger partial charge in [0.25, 0.3) is 5.91 Å². The molecule has 3 heterocycles. The van der Waals surface area contributed by atoms with Crippen molar-refractivity contribution < 1.29 is 9.21 Å². The van der Waals surface area contributed by atoms with Crippen molar-refractivity contribution in [2.24, 2.45) is 0 Å². The number of para-hydroxylation sites is 1. The fourth-order valence-corrected chi connectivity index (χ4v) is 4.50. The van der Waals surface area contributed by atoms with E-state index in [9.17, 15) is 4.79 Å². The summed E-state index contributed by atoms with van der Waals surface area (Å²) in [5.41, 5.74) is 3.31. The highest BCUT2D eigenvalue weighted by Crippen LogP contribution is 2.26. The van der Waals surface area contributed by atoms with Gasteiger partial charge in [-0.3, -0.25) is 14.3 Å². The number of pyridine rings is 1. The summed E-state index contributed by atoms with van der Waals surface area (Å²) in [5.74, 6) is 1.43. The molecule has 3 aromatic heterocycles. The van der Waals surface area contributed by atoms with Crippen molar-refractivity contribution >= 4 is 17.7 Å². The van der Waals surface area contributed by atoms with Gasteiger partial charge in [0.2, 0.25) is 5.89 Å². The number of carbonyl (C=O) groups is 1. The van der Waals surface area contributed by atoms with Gasteiger partial charge in [0, 0.05) is 37.0 Å². The second kappa shape index (κ2) is 11.5. The Bertz CT molecular complexity index is 1400. The molecule has 0 unspecified atom stereocenters. The van der Waals surface area contributed by atoms with E-state index in [4.69, 9.17) is 4.42 Å². The van der Waals surface area contributed by atoms with Gasteiger partial charge in [-0.25, -0.2) is 4.98 Å². The van der Waals surface area contributed by atoms with Crippen LogP contribution in [0.4, 0.5) is 0 Å². The standard InChI is InChI=1S/C27H24N6O2S/c34-26(29-16-14-21-11-7-8-15-28-21)23-18-35-25(30-23)19-36-27-32-31-24(17-20-9-3-1-4-10-20)33(27)22-12-5-2-6-13-22/h1-13,15,18H,14,16-17,19H2,(H,29,34). The third-order valence-electron chi connectivity index (χ3n) is 5.42. The molecule has 5 aromatic rings. The lowest BCUT2D eigenvalue weighted by atomic mass is 10.1. The van der Waals surface area contributed by atoms with Crippen LogP contribution in [0.3, 0.4) is 0 Å². The first-order valence-electron chi connectivity index (χ1n) is 11.6. The molecule has 1 N–H and O–H groups in total. The third kappa shape index (κ3) is 5.87. The first-order valence-corrected chi connectivity index (χ1v) is 12.5. The summed E-state index contributed by atoms with van der Waals surface area (Å²) < 4.78 is 7.61. The van der Waals surface area contributed by atoms with Crippen LogP contribution in [0.25, 0.3) is 5.69 Å². The molecule has 9 heteroatoms. The van der Waals surface area contributed by atoms with E-state index in [-0.39, 0.29) is 11.6 Å². The Balaban J connectivity index is 1.24. The molecule has 0 radical (unpaired) electrons. The van der Waals surface area contributed by atoms with Gasteiger partial charge in [0.05, 0.1) is 5.75 Å². The van der Waals surface area contributed by atoms with Crippen LogP contribution < -0.4 is 5.32 Å². The van der Waals surface area contributed by atoms with Gasteiger partial charge in [0.1, 0.15) is 12.1 Å². The number of amides is 1. The Morgan fingerprint density at radius 2 is 1.72 bits per heavy atom. The molecule has 0 aliphatic heterocycles. The van der Waals surface area contributed by atoms with E-state index < -0.39 is 0 Å². The Labute approximate surface area is 212 Å². The number of rotatable bonds is 10.